The van der Waals surface area contributed by atoms with Gasteiger partial charge in [0.05, 0.1) is 6.04 Å². The number of nitrogens with one attached hydrogen (secondary N) is 2. The first kappa shape index (κ1) is 18.5. The summed E-state index contributed by atoms with van der Waals surface area (Å²) in [5, 5.41) is 5.43. The van der Waals surface area contributed by atoms with Gasteiger partial charge in [0.2, 0.25) is 5.91 Å². The van der Waals surface area contributed by atoms with Gasteiger partial charge in [-0.05, 0) is 29.5 Å². The van der Waals surface area contributed by atoms with Crippen LogP contribution in [0.25, 0.3) is 11.1 Å². The minimum atomic E-state index is -0.700. The summed E-state index contributed by atoms with van der Waals surface area (Å²) >= 11 is 0. The molecule has 2 atom stereocenters. The Kier molecular flexibility index (Phi) is 6.17. The summed E-state index contributed by atoms with van der Waals surface area (Å²) in [5.41, 5.74) is 8.42. The van der Waals surface area contributed by atoms with E-state index >= 15 is 0 Å². The molecule has 0 saturated heterocycles. The Morgan fingerprint density at radius 1 is 0.840 bits per heavy atom. The topological polar surface area (TPSA) is 84.2 Å². The van der Waals surface area contributed by atoms with Gasteiger partial charge in [-0.2, -0.15) is 0 Å². The first-order valence-electron chi connectivity index (χ1n) is 8.40. The lowest BCUT2D eigenvalue weighted by atomic mass is 10.00. The Bertz CT molecular complexity index is 711. The van der Waals surface area contributed by atoms with Crippen molar-refractivity contribution in [2.45, 2.75) is 32.9 Å². The molecule has 0 bridgehead atoms. The molecule has 4 N–H and O–H groups in total. The fourth-order valence-electron chi connectivity index (χ4n) is 2.67. The summed E-state index contributed by atoms with van der Waals surface area (Å²) < 4.78 is 0. The number of rotatable bonds is 6. The van der Waals surface area contributed by atoms with E-state index in [2.05, 4.69) is 22.8 Å². The van der Waals surface area contributed by atoms with Crippen molar-refractivity contribution in [1.29, 1.82) is 0 Å². The predicted molar refractivity (Wildman–Crippen MR) is 99.8 cm³/mol. The van der Waals surface area contributed by atoms with E-state index in [1.54, 1.807) is 0 Å². The van der Waals surface area contributed by atoms with Gasteiger partial charge in [-0.1, -0.05) is 68.4 Å². The molecule has 0 saturated carbocycles. The van der Waals surface area contributed by atoms with Gasteiger partial charge in [0, 0.05) is 0 Å². The second-order valence-electron chi connectivity index (χ2n) is 6.45. The molecule has 0 aliphatic carbocycles. The SMILES string of the molecule is CC(NC(=O)C(NC(N)=O)C(C)C)c1ccc(-c2ccccc2)cc1. The van der Waals surface area contributed by atoms with Crippen LogP contribution in [-0.2, 0) is 4.79 Å². The number of carbonyl (C=O) groups is 2. The zero-order valence-corrected chi connectivity index (χ0v) is 14.8. The summed E-state index contributed by atoms with van der Waals surface area (Å²) in [5.74, 6) is -0.298. The van der Waals surface area contributed by atoms with E-state index < -0.39 is 12.1 Å². The van der Waals surface area contributed by atoms with Crippen LogP contribution in [0.15, 0.2) is 54.6 Å². The molecule has 0 aliphatic heterocycles. The maximum atomic E-state index is 12.4. The Morgan fingerprint density at radius 3 is 1.92 bits per heavy atom. The monoisotopic (exact) mass is 339 g/mol. The largest absolute Gasteiger partial charge is 0.352 e. The van der Waals surface area contributed by atoms with Crippen molar-refractivity contribution < 1.29 is 9.59 Å². The summed E-state index contributed by atoms with van der Waals surface area (Å²) in [7, 11) is 0. The Morgan fingerprint density at radius 2 is 1.40 bits per heavy atom. The number of nitrogens with two attached hydrogens (primary N) is 1. The number of primary amides is 1. The molecule has 0 heterocycles. The molecule has 2 rings (SSSR count). The van der Waals surface area contributed by atoms with Crippen molar-refractivity contribution in [3.8, 4) is 11.1 Å². The quantitative estimate of drug-likeness (QED) is 0.755. The maximum absolute atomic E-state index is 12.4. The van der Waals surface area contributed by atoms with Crippen LogP contribution in [0, 0.1) is 5.92 Å². The molecular weight excluding hydrogens is 314 g/mol. The highest BCUT2D eigenvalue weighted by molar-refractivity contribution is 5.87. The molecule has 2 aromatic carbocycles. The molecule has 2 aromatic rings. The molecule has 25 heavy (non-hydrogen) atoms. The number of benzene rings is 2. The van der Waals surface area contributed by atoms with E-state index in [-0.39, 0.29) is 17.9 Å². The van der Waals surface area contributed by atoms with Crippen molar-refractivity contribution in [2.75, 3.05) is 0 Å². The molecular formula is C20H25N3O2. The van der Waals surface area contributed by atoms with Crippen LogP contribution in [0.1, 0.15) is 32.4 Å². The third-order valence-corrected chi connectivity index (χ3v) is 4.12. The molecule has 132 valence electrons. The van der Waals surface area contributed by atoms with Crippen LogP contribution in [0.3, 0.4) is 0 Å². The Hall–Kier alpha value is -2.82. The minimum Gasteiger partial charge on any atom is -0.352 e. The van der Waals surface area contributed by atoms with E-state index in [0.717, 1.165) is 16.7 Å². The van der Waals surface area contributed by atoms with Crippen molar-refractivity contribution >= 4 is 11.9 Å². The molecule has 5 nitrogen and oxygen atoms in total. The molecule has 3 amide bonds. The highest BCUT2D eigenvalue weighted by Gasteiger charge is 2.24. The molecule has 0 fully saturated rings. The fourth-order valence-corrected chi connectivity index (χ4v) is 2.67. The predicted octanol–water partition coefficient (Wildman–Crippen LogP) is 3.22. The lowest BCUT2D eigenvalue weighted by Crippen LogP contribution is -2.51. The average molecular weight is 339 g/mol. The minimum absolute atomic E-state index is 0.0554. The van der Waals surface area contributed by atoms with Crippen LogP contribution < -0.4 is 16.4 Å². The van der Waals surface area contributed by atoms with Gasteiger partial charge in [-0.15, -0.1) is 0 Å². The van der Waals surface area contributed by atoms with E-state index in [4.69, 9.17) is 5.73 Å². The lowest BCUT2D eigenvalue weighted by molar-refractivity contribution is -0.124. The van der Waals surface area contributed by atoms with Crippen molar-refractivity contribution in [2.24, 2.45) is 11.7 Å². The zero-order valence-electron chi connectivity index (χ0n) is 14.8. The first-order valence-corrected chi connectivity index (χ1v) is 8.40. The number of amides is 3. The molecule has 5 heteroatoms. The third-order valence-electron chi connectivity index (χ3n) is 4.12. The second kappa shape index (κ2) is 8.33. The van der Waals surface area contributed by atoms with Gasteiger partial charge >= 0.3 is 6.03 Å². The standard InChI is InChI=1S/C20H25N3O2/c1-13(2)18(23-20(21)25)19(24)22-14(3)15-9-11-17(12-10-15)16-7-5-4-6-8-16/h4-14,18H,1-3H3,(H,22,24)(H3,21,23,25). The number of carbonyl (C=O) groups excluding carboxylic acids is 2. The maximum Gasteiger partial charge on any atom is 0.312 e. The van der Waals surface area contributed by atoms with E-state index in [0.29, 0.717) is 0 Å². The molecule has 0 aromatic heterocycles. The van der Waals surface area contributed by atoms with Gasteiger partial charge in [0.15, 0.2) is 0 Å². The number of hydrogen-bond acceptors (Lipinski definition) is 2. The first-order chi connectivity index (χ1) is 11.9. The molecule has 0 spiro atoms. The molecule has 0 radical (unpaired) electrons. The summed E-state index contributed by atoms with van der Waals surface area (Å²) in [6.07, 6.45) is 0. The molecule has 0 aliphatic rings. The number of urea groups is 1. The van der Waals surface area contributed by atoms with Gasteiger partial charge in [-0.3, -0.25) is 4.79 Å². The van der Waals surface area contributed by atoms with E-state index in [9.17, 15) is 9.59 Å². The van der Waals surface area contributed by atoms with Crippen molar-refractivity contribution in [3.05, 3.63) is 60.2 Å². The van der Waals surface area contributed by atoms with Gasteiger partial charge in [0.25, 0.3) is 0 Å². The van der Waals surface area contributed by atoms with E-state index in [1.165, 1.54) is 0 Å². The average Bonchev–Trinajstić information content (AvgIpc) is 2.60. The van der Waals surface area contributed by atoms with Crippen LogP contribution in [0.5, 0.6) is 0 Å². The summed E-state index contributed by atoms with van der Waals surface area (Å²) in [6.45, 7) is 5.64. The van der Waals surface area contributed by atoms with Crippen LogP contribution in [0.4, 0.5) is 4.79 Å². The van der Waals surface area contributed by atoms with Crippen LogP contribution in [-0.4, -0.2) is 18.0 Å². The fraction of sp³-hybridized carbons (Fsp3) is 0.300. The summed E-state index contributed by atoms with van der Waals surface area (Å²) in [4.78, 5) is 23.5. The number of hydrogen-bond donors (Lipinski definition) is 3. The molecule has 2 unspecified atom stereocenters. The highest BCUT2D eigenvalue weighted by atomic mass is 16.2. The van der Waals surface area contributed by atoms with Crippen LogP contribution in [0.2, 0.25) is 0 Å². The van der Waals surface area contributed by atoms with Gasteiger partial charge in [-0.25, -0.2) is 4.79 Å². The third kappa shape index (κ3) is 5.08. The van der Waals surface area contributed by atoms with Crippen molar-refractivity contribution in [1.82, 2.24) is 10.6 Å². The van der Waals surface area contributed by atoms with Crippen LogP contribution >= 0.6 is 0 Å². The van der Waals surface area contributed by atoms with Gasteiger partial charge in [0.1, 0.15) is 6.04 Å². The normalized spacial score (nSPS) is 13.1. The smallest absolute Gasteiger partial charge is 0.312 e. The Labute approximate surface area is 148 Å². The van der Waals surface area contributed by atoms with Gasteiger partial charge < -0.3 is 16.4 Å². The van der Waals surface area contributed by atoms with E-state index in [1.807, 2.05) is 63.2 Å². The Balaban J connectivity index is 2.06. The highest BCUT2D eigenvalue weighted by Crippen LogP contribution is 2.22. The second-order valence-corrected chi connectivity index (χ2v) is 6.45. The lowest BCUT2D eigenvalue weighted by Gasteiger charge is -2.23. The zero-order chi connectivity index (χ0) is 18.4. The van der Waals surface area contributed by atoms with Crippen molar-refractivity contribution in [3.63, 3.8) is 0 Å². The summed E-state index contributed by atoms with van der Waals surface area (Å²) in [6, 6.07) is 16.7.